The van der Waals surface area contributed by atoms with Gasteiger partial charge in [0.05, 0.1) is 30.3 Å². The molecule has 142 valence electrons. The monoisotopic (exact) mass is 365 g/mol. The van der Waals surface area contributed by atoms with Gasteiger partial charge in [-0.1, -0.05) is 12.1 Å². The fourth-order valence-electron chi connectivity index (χ4n) is 4.77. The van der Waals surface area contributed by atoms with E-state index < -0.39 is 0 Å². The Morgan fingerprint density at radius 2 is 2.07 bits per heavy atom. The summed E-state index contributed by atoms with van der Waals surface area (Å²) in [6.45, 7) is 7.01. The molecule has 6 nitrogen and oxygen atoms in total. The van der Waals surface area contributed by atoms with Crippen LogP contribution in [0.5, 0.6) is 0 Å². The van der Waals surface area contributed by atoms with Crippen LogP contribution in [0.2, 0.25) is 0 Å². The highest BCUT2D eigenvalue weighted by Gasteiger charge is 2.41. The van der Waals surface area contributed by atoms with Crippen molar-refractivity contribution in [3.63, 3.8) is 0 Å². The van der Waals surface area contributed by atoms with E-state index in [0.717, 1.165) is 61.9 Å². The van der Waals surface area contributed by atoms with Crippen LogP contribution in [0.4, 0.5) is 0 Å². The Bertz CT molecular complexity index is 937. The van der Waals surface area contributed by atoms with Gasteiger partial charge in [0.2, 0.25) is 0 Å². The van der Waals surface area contributed by atoms with Gasteiger partial charge in [-0.25, -0.2) is 9.97 Å². The number of hydrogen-bond donors (Lipinski definition) is 1. The molecular formula is C21H27N5O. The summed E-state index contributed by atoms with van der Waals surface area (Å²) >= 11 is 0. The van der Waals surface area contributed by atoms with Crippen LogP contribution in [0.3, 0.4) is 0 Å². The molecule has 2 aliphatic rings. The second-order valence-electron chi connectivity index (χ2n) is 7.96. The van der Waals surface area contributed by atoms with E-state index in [1.807, 2.05) is 12.3 Å². The maximum Gasteiger partial charge on any atom is 0.177 e. The Morgan fingerprint density at radius 3 is 2.93 bits per heavy atom. The van der Waals surface area contributed by atoms with E-state index in [1.54, 1.807) is 0 Å². The predicted molar refractivity (Wildman–Crippen MR) is 106 cm³/mol. The average molecular weight is 365 g/mol. The van der Waals surface area contributed by atoms with Crippen LogP contribution in [-0.4, -0.2) is 44.9 Å². The lowest BCUT2D eigenvalue weighted by Crippen LogP contribution is -2.37. The molecule has 4 heterocycles. The molecule has 1 aromatic carbocycles. The van der Waals surface area contributed by atoms with Gasteiger partial charge in [-0.3, -0.25) is 0 Å². The van der Waals surface area contributed by atoms with Gasteiger partial charge < -0.3 is 19.2 Å². The minimum absolute atomic E-state index is 0.260. The van der Waals surface area contributed by atoms with Crippen LogP contribution in [0, 0.1) is 5.41 Å². The van der Waals surface area contributed by atoms with Crippen molar-refractivity contribution < 1.29 is 4.74 Å². The predicted octanol–water partition coefficient (Wildman–Crippen LogP) is 3.08. The largest absolute Gasteiger partial charge is 0.376 e. The van der Waals surface area contributed by atoms with Crippen LogP contribution in [0.1, 0.15) is 26.2 Å². The lowest BCUT2D eigenvalue weighted by Gasteiger charge is -2.32. The second kappa shape index (κ2) is 6.77. The SMILES string of the molecule is CCn1c(-c2nccn2CC2CC3(CCNCC3)CO2)nc2ccccc21. The third kappa shape index (κ3) is 2.97. The number of benzene rings is 1. The van der Waals surface area contributed by atoms with Crippen molar-refractivity contribution >= 4 is 11.0 Å². The van der Waals surface area contributed by atoms with Gasteiger partial charge in [0, 0.05) is 18.9 Å². The summed E-state index contributed by atoms with van der Waals surface area (Å²) in [6.07, 6.45) is 7.81. The number of rotatable bonds is 4. The number of imidazole rings is 2. The molecular weight excluding hydrogens is 338 g/mol. The van der Waals surface area contributed by atoms with Gasteiger partial charge >= 0.3 is 0 Å². The third-order valence-corrected chi connectivity index (χ3v) is 6.24. The molecule has 27 heavy (non-hydrogen) atoms. The molecule has 1 spiro atoms. The summed E-state index contributed by atoms with van der Waals surface area (Å²) in [5, 5.41) is 3.47. The minimum atomic E-state index is 0.260. The Kier molecular flexibility index (Phi) is 4.25. The molecule has 0 radical (unpaired) electrons. The first kappa shape index (κ1) is 17.0. The van der Waals surface area contributed by atoms with Crippen LogP contribution < -0.4 is 5.32 Å². The zero-order valence-electron chi connectivity index (χ0n) is 15.9. The molecule has 2 saturated heterocycles. The van der Waals surface area contributed by atoms with Crippen LogP contribution in [0.15, 0.2) is 36.7 Å². The molecule has 1 atom stereocenters. The number of aromatic nitrogens is 4. The highest BCUT2D eigenvalue weighted by molar-refractivity contribution is 5.79. The lowest BCUT2D eigenvalue weighted by atomic mass is 9.77. The molecule has 1 N–H and O–H groups in total. The fraction of sp³-hybridized carbons (Fsp3) is 0.524. The summed E-state index contributed by atoms with van der Waals surface area (Å²) in [4.78, 5) is 9.53. The first-order valence-electron chi connectivity index (χ1n) is 10.1. The molecule has 0 amide bonds. The van der Waals surface area contributed by atoms with Crippen molar-refractivity contribution in [1.82, 2.24) is 24.4 Å². The van der Waals surface area contributed by atoms with Crippen molar-refractivity contribution in [2.75, 3.05) is 19.7 Å². The van der Waals surface area contributed by atoms with Crippen LogP contribution >= 0.6 is 0 Å². The minimum Gasteiger partial charge on any atom is -0.376 e. The molecule has 2 aliphatic heterocycles. The Balaban J connectivity index is 1.42. The van der Waals surface area contributed by atoms with Crippen LogP contribution in [0.25, 0.3) is 22.7 Å². The zero-order valence-corrected chi connectivity index (χ0v) is 15.9. The molecule has 3 aromatic rings. The summed E-state index contributed by atoms with van der Waals surface area (Å²) in [5.74, 6) is 1.88. The van der Waals surface area contributed by atoms with Gasteiger partial charge in [-0.2, -0.15) is 0 Å². The highest BCUT2D eigenvalue weighted by atomic mass is 16.5. The van der Waals surface area contributed by atoms with E-state index >= 15 is 0 Å². The molecule has 5 rings (SSSR count). The summed E-state index contributed by atoms with van der Waals surface area (Å²) in [5.41, 5.74) is 2.57. The Hall–Kier alpha value is -2.18. The smallest absolute Gasteiger partial charge is 0.177 e. The quantitative estimate of drug-likeness (QED) is 0.772. The number of nitrogens with one attached hydrogen (secondary N) is 1. The number of aryl methyl sites for hydroxylation is 1. The van der Waals surface area contributed by atoms with E-state index in [2.05, 4.69) is 50.8 Å². The summed E-state index contributed by atoms with van der Waals surface area (Å²) in [6, 6.07) is 8.30. The first-order valence-corrected chi connectivity index (χ1v) is 10.1. The third-order valence-electron chi connectivity index (χ3n) is 6.24. The summed E-state index contributed by atoms with van der Waals surface area (Å²) < 4.78 is 10.7. The molecule has 0 aliphatic carbocycles. The zero-order chi connectivity index (χ0) is 18.3. The van der Waals surface area contributed by atoms with Crippen molar-refractivity contribution in [2.24, 2.45) is 5.41 Å². The van der Waals surface area contributed by atoms with E-state index in [9.17, 15) is 0 Å². The van der Waals surface area contributed by atoms with Crippen molar-refractivity contribution in [3.05, 3.63) is 36.7 Å². The van der Waals surface area contributed by atoms with Crippen LogP contribution in [-0.2, 0) is 17.8 Å². The molecule has 0 bridgehead atoms. The van der Waals surface area contributed by atoms with E-state index in [-0.39, 0.29) is 6.10 Å². The number of nitrogens with zero attached hydrogens (tertiary/aromatic N) is 4. The van der Waals surface area contributed by atoms with Gasteiger partial charge in [0.1, 0.15) is 0 Å². The van der Waals surface area contributed by atoms with Gasteiger partial charge in [0.25, 0.3) is 0 Å². The Morgan fingerprint density at radius 1 is 1.22 bits per heavy atom. The number of ether oxygens (including phenoxy) is 1. The first-order chi connectivity index (χ1) is 13.3. The normalized spacial score (nSPS) is 22.0. The highest BCUT2D eigenvalue weighted by Crippen LogP contribution is 2.41. The second-order valence-corrected chi connectivity index (χ2v) is 7.96. The number of hydrogen-bond acceptors (Lipinski definition) is 4. The van der Waals surface area contributed by atoms with E-state index in [1.165, 1.54) is 12.8 Å². The fourth-order valence-corrected chi connectivity index (χ4v) is 4.77. The van der Waals surface area contributed by atoms with Gasteiger partial charge in [-0.05, 0) is 56.8 Å². The van der Waals surface area contributed by atoms with E-state index in [4.69, 9.17) is 9.72 Å². The number of piperidine rings is 1. The van der Waals surface area contributed by atoms with Gasteiger partial charge in [-0.15, -0.1) is 0 Å². The summed E-state index contributed by atoms with van der Waals surface area (Å²) in [7, 11) is 0. The molecule has 2 aromatic heterocycles. The standard InChI is InChI=1S/C21H27N5O/c1-2-26-18-6-4-3-5-17(18)24-20(26)19-23-11-12-25(19)14-16-13-21(15-27-16)7-9-22-10-8-21/h3-6,11-12,16,22H,2,7-10,13-15H2,1H3. The Labute approximate surface area is 159 Å². The van der Waals surface area contributed by atoms with Gasteiger partial charge in [0.15, 0.2) is 11.6 Å². The lowest BCUT2D eigenvalue weighted by molar-refractivity contribution is 0.0777. The molecule has 2 fully saturated rings. The van der Waals surface area contributed by atoms with Crippen molar-refractivity contribution in [2.45, 2.75) is 45.4 Å². The van der Waals surface area contributed by atoms with Crippen molar-refractivity contribution in [1.29, 1.82) is 0 Å². The average Bonchev–Trinajstić information content (AvgIpc) is 3.40. The molecule has 0 saturated carbocycles. The number of para-hydroxylation sites is 2. The van der Waals surface area contributed by atoms with Crippen molar-refractivity contribution in [3.8, 4) is 11.6 Å². The topological polar surface area (TPSA) is 56.9 Å². The maximum atomic E-state index is 6.22. The molecule has 6 heteroatoms. The molecule has 1 unspecified atom stereocenters. The number of fused-ring (bicyclic) bond motifs is 1. The van der Waals surface area contributed by atoms with E-state index in [0.29, 0.717) is 5.41 Å². The maximum absolute atomic E-state index is 6.22.